The van der Waals surface area contributed by atoms with E-state index in [0.29, 0.717) is 18.5 Å². The summed E-state index contributed by atoms with van der Waals surface area (Å²) in [6, 6.07) is 18.5. The first-order chi connectivity index (χ1) is 15.6. The monoisotopic (exact) mass is 500 g/mol. The summed E-state index contributed by atoms with van der Waals surface area (Å²) in [5, 5.41) is 1.22. The zero-order chi connectivity index (χ0) is 22.1. The Morgan fingerprint density at radius 2 is 1.56 bits per heavy atom. The molecule has 2 aliphatic heterocycles. The number of rotatable bonds is 5. The van der Waals surface area contributed by atoms with E-state index in [9.17, 15) is 9.59 Å². The molecule has 2 fully saturated rings. The summed E-state index contributed by atoms with van der Waals surface area (Å²) in [6.45, 7) is 7.00. The summed E-state index contributed by atoms with van der Waals surface area (Å²) >= 11 is 0. The summed E-state index contributed by atoms with van der Waals surface area (Å²) in [4.78, 5) is 35.0. The Morgan fingerprint density at radius 3 is 2.29 bits per heavy atom. The van der Waals surface area contributed by atoms with Crippen LogP contribution in [0, 0.1) is 6.92 Å². The van der Waals surface area contributed by atoms with E-state index in [0.717, 1.165) is 55.9 Å². The molecule has 2 aliphatic rings. The van der Waals surface area contributed by atoms with Gasteiger partial charge in [0.15, 0.2) is 0 Å². The molecule has 180 valence electrons. The van der Waals surface area contributed by atoms with Crippen LogP contribution in [-0.2, 0) is 16.0 Å². The van der Waals surface area contributed by atoms with Gasteiger partial charge in [0.2, 0.25) is 11.8 Å². The Hall–Kier alpha value is -2.67. The number of benzene rings is 2. The van der Waals surface area contributed by atoms with Crippen molar-refractivity contribution in [3.8, 4) is 0 Å². The Bertz CT molecular complexity index is 1160. The average Bonchev–Trinajstić information content (AvgIpc) is 3.15. The largest absolute Gasteiger partial charge is 0.368 e. The Morgan fingerprint density at radius 1 is 0.853 bits per heavy atom. The smallest absolute Gasteiger partial charge is 0.234 e. The fraction of sp³-hybridized carbons (Fsp3) is 0.346. The maximum absolute atomic E-state index is 12.0. The number of fused-ring (bicyclic) bond motifs is 1. The number of amides is 2. The SMILES string of the molecule is Cc1ccc2c(N3CCN(CCc4cccc(N5C(=O)CCC5=O)c4)CC3)cccc2n1.Cl.Cl. The number of aryl methyl sites for hydroxylation is 1. The van der Waals surface area contributed by atoms with Gasteiger partial charge in [-0.3, -0.25) is 24.4 Å². The van der Waals surface area contributed by atoms with Crippen LogP contribution in [0.2, 0.25) is 0 Å². The number of anilines is 2. The summed E-state index contributed by atoms with van der Waals surface area (Å²) in [6.07, 6.45) is 1.54. The fourth-order valence-electron chi connectivity index (χ4n) is 4.73. The van der Waals surface area contributed by atoms with E-state index in [1.165, 1.54) is 16.0 Å². The third-order valence-corrected chi connectivity index (χ3v) is 6.50. The van der Waals surface area contributed by atoms with Crippen molar-refractivity contribution < 1.29 is 9.59 Å². The zero-order valence-corrected chi connectivity index (χ0v) is 20.9. The van der Waals surface area contributed by atoms with Gasteiger partial charge in [-0.2, -0.15) is 0 Å². The molecule has 2 saturated heterocycles. The summed E-state index contributed by atoms with van der Waals surface area (Å²) < 4.78 is 0. The van der Waals surface area contributed by atoms with Crippen molar-refractivity contribution in [2.24, 2.45) is 0 Å². The van der Waals surface area contributed by atoms with Crippen LogP contribution in [0.1, 0.15) is 24.1 Å². The maximum Gasteiger partial charge on any atom is 0.234 e. The highest BCUT2D eigenvalue weighted by Crippen LogP contribution is 2.27. The Kier molecular flexibility index (Phi) is 8.52. The number of halogens is 2. The molecule has 0 spiro atoms. The second-order valence-corrected chi connectivity index (χ2v) is 8.67. The molecule has 0 atom stereocenters. The highest BCUT2D eigenvalue weighted by molar-refractivity contribution is 6.19. The molecule has 3 heterocycles. The molecule has 2 amide bonds. The van der Waals surface area contributed by atoms with Crippen LogP contribution < -0.4 is 9.80 Å². The number of aromatic nitrogens is 1. The second-order valence-electron chi connectivity index (χ2n) is 8.67. The summed E-state index contributed by atoms with van der Waals surface area (Å²) in [5.74, 6) is -0.191. The minimum atomic E-state index is -0.0953. The fourth-order valence-corrected chi connectivity index (χ4v) is 4.73. The van der Waals surface area contributed by atoms with Gasteiger partial charge >= 0.3 is 0 Å². The van der Waals surface area contributed by atoms with E-state index >= 15 is 0 Å². The van der Waals surface area contributed by atoms with Crippen molar-refractivity contribution in [3.05, 3.63) is 65.9 Å². The van der Waals surface area contributed by atoms with Crippen molar-refractivity contribution in [2.75, 3.05) is 42.5 Å². The molecule has 2 aromatic carbocycles. The lowest BCUT2D eigenvalue weighted by Gasteiger charge is -2.36. The van der Waals surface area contributed by atoms with Crippen LogP contribution in [0.25, 0.3) is 10.9 Å². The average molecular weight is 501 g/mol. The molecule has 8 heteroatoms. The minimum absolute atomic E-state index is 0. The number of carbonyl (C=O) groups excluding carboxylic acids is 2. The van der Waals surface area contributed by atoms with E-state index in [1.807, 2.05) is 25.1 Å². The quantitative estimate of drug-likeness (QED) is 0.485. The van der Waals surface area contributed by atoms with Crippen LogP contribution in [0.5, 0.6) is 0 Å². The van der Waals surface area contributed by atoms with Gasteiger partial charge in [-0.05, 0) is 55.3 Å². The van der Waals surface area contributed by atoms with Crippen molar-refractivity contribution >= 4 is 58.9 Å². The maximum atomic E-state index is 12.0. The highest BCUT2D eigenvalue weighted by atomic mass is 35.5. The van der Waals surface area contributed by atoms with Crippen molar-refractivity contribution in [3.63, 3.8) is 0 Å². The number of imide groups is 1. The molecular formula is C26H30Cl2N4O2. The lowest BCUT2D eigenvalue weighted by Crippen LogP contribution is -2.47. The van der Waals surface area contributed by atoms with Crippen LogP contribution in [0.15, 0.2) is 54.6 Å². The predicted octanol–water partition coefficient (Wildman–Crippen LogP) is 4.40. The van der Waals surface area contributed by atoms with Gasteiger partial charge in [0, 0.05) is 62.3 Å². The highest BCUT2D eigenvalue weighted by Gasteiger charge is 2.30. The topological polar surface area (TPSA) is 56.8 Å². The second kappa shape index (κ2) is 11.2. The summed E-state index contributed by atoms with van der Waals surface area (Å²) in [5.41, 5.74) is 5.23. The number of pyridine rings is 1. The van der Waals surface area contributed by atoms with E-state index in [2.05, 4.69) is 51.2 Å². The number of piperazine rings is 1. The van der Waals surface area contributed by atoms with E-state index in [4.69, 9.17) is 0 Å². The zero-order valence-electron chi connectivity index (χ0n) is 19.3. The number of carbonyl (C=O) groups is 2. The van der Waals surface area contributed by atoms with Gasteiger partial charge in [-0.15, -0.1) is 24.8 Å². The predicted molar refractivity (Wildman–Crippen MR) is 142 cm³/mol. The molecule has 0 bridgehead atoms. The standard InChI is InChI=1S/C26H28N4O2.2ClH/c1-19-8-9-22-23(27-19)6-3-7-24(22)29-16-14-28(15-17-29)13-12-20-4-2-5-21(18-20)30-25(31)10-11-26(30)32;;/h2-9,18H,10-17H2,1H3;2*1H. The molecule has 1 aromatic heterocycles. The molecule has 5 rings (SSSR count). The molecule has 34 heavy (non-hydrogen) atoms. The van der Waals surface area contributed by atoms with Gasteiger partial charge in [0.25, 0.3) is 0 Å². The molecule has 0 N–H and O–H groups in total. The third-order valence-electron chi connectivity index (χ3n) is 6.50. The van der Waals surface area contributed by atoms with Gasteiger partial charge in [-0.1, -0.05) is 18.2 Å². The third kappa shape index (κ3) is 5.35. The molecule has 0 radical (unpaired) electrons. The first kappa shape index (κ1) is 25.9. The number of nitrogens with zero attached hydrogens (tertiary/aromatic N) is 4. The molecule has 6 nitrogen and oxygen atoms in total. The van der Waals surface area contributed by atoms with Crippen molar-refractivity contribution in [1.82, 2.24) is 9.88 Å². The van der Waals surface area contributed by atoms with Crippen molar-refractivity contribution in [1.29, 1.82) is 0 Å². The van der Waals surface area contributed by atoms with Gasteiger partial charge < -0.3 is 4.90 Å². The van der Waals surface area contributed by atoms with E-state index in [1.54, 1.807) is 0 Å². The molecule has 0 saturated carbocycles. The number of hydrogen-bond donors (Lipinski definition) is 0. The lowest BCUT2D eigenvalue weighted by atomic mass is 10.1. The van der Waals surface area contributed by atoms with Gasteiger partial charge in [0.1, 0.15) is 0 Å². The minimum Gasteiger partial charge on any atom is -0.368 e. The van der Waals surface area contributed by atoms with Crippen LogP contribution >= 0.6 is 24.8 Å². The van der Waals surface area contributed by atoms with Gasteiger partial charge in [-0.25, -0.2) is 0 Å². The Labute approximate surface area is 212 Å². The van der Waals surface area contributed by atoms with Crippen LogP contribution in [0.4, 0.5) is 11.4 Å². The first-order valence-corrected chi connectivity index (χ1v) is 11.4. The number of hydrogen-bond acceptors (Lipinski definition) is 5. The summed E-state index contributed by atoms with van der Waals surface area (Å²) in [7, 11) is 0. The Balaban J connectivity index is 0.00000162. The van der Waals surface area contributed by atoms with Gasteiger partial charge in [0.05, 0.1) is 11.2 Å². The van der Waals surface area contributed by atoms with Crippen LogP contribution in [-0.4, -0.2) is 54.4 Å². The van der Waals surface area contributed by atoms with Crippen LogP contribution in [0.3, 0.4) is 0 Å². The van der Waals surface area contributed by atoms with E-state index in [-0.39, 0.29) is 36.6 Å². The lowest BCUT2D eigenvalue weighted by molar-refractivity contribution is -0.121. The molecule has 3 aromatic rings. The first-order valence-electron chi connectivity index (χ1n) is 11.4. The molecule has 0 unspecified atom stereocenters. The normalized spacial score (nSPS) is 16.5. The van der Waals surface area contributed by atoms with E-state index < -0.39 is 0 Å². The molecule has 0 aliphatic carbocycles. The molecular weight excluding hydrogens is 471 g/mol. The van der Waals surface area contributed by atoms with Crippen molar-refractivity contribution in [2.45, 2.75) is 26.2 Å².